The third-order valence-corrected chi connectivity index (χ3v) is 4.67. The van der Waals surface area contributed by atoms with Crippen molar-refractivity contribution in [2.24, 2.45) is 11.8 Å². The minimum atomic E-state index is -0.106. The minimum absolute atomic E-state index is 0.0364. The summed E-state index contributed by atoms with van der Waals surface area (Å²) < 4.78 is 12.1. The molecule has 4 fully saturated rings. The molecule has 4 aliphatic rings. The molecule has 0 aromatic carbocycles. The van der Waals surface area contributed by atoms with Crippen LogP contribution in [0, 0.1) is 11.8 Å². The fourth-order valence-electron chi connectivity index (χ4n) is 3.53. The molecule has 3 aliphatic carbocycles. The summed E-state index contributed by atoms with van der Waals surface area (Å²) in [6.07, 6.45) is 5.24. The molecule has 0 aromatic heterocycles. The standard InChI is InChI=1S/C12H18B2O2/c1-8-9-6-10(8)12(2)11(7-9)15-14(16-12)5-3-4-13/h9-11H,1,3-7H2,2H3/t9-,10-,11?,12-/m0/s1. The molecule has 0 amide bonds. The van der Waals surface area contributed by atoms with E-state index in [4.69, 9.17) is 17.2 Å². The predicted molar refractivity (Wildman–Crippen MR) is 65.5 cm³/mol. The second-order valence-electron chi connectivity index (χ2n) is 5.58. The first kappa shape index (κ1) is 10.9. The summed E-state index contributed by atoms with van der Waals surface area (Å²) in [4.78, 5) is 0. The highest BCUT2D eigenvalue weighted by Crippen LogP contribution is 2.58. The molecular weight excluding hydrogens is 198 g/mol. The van der Waals surface area contributed by atoms with Gasteiger partial charge in [-0.2, -0.15) is 0 Å². The van der Waals surface area contributed by atoms with Crippen molar-refractivity contribution in [3.05, 3.63) is 12.2 Å². The Labute approximate surface area is 99.3 Å². The molecule has 1 saturated heterocycles. The average molecular weight is 216 g/mol. The number of rotatable bonds is 3. The minimum Gasteiger partial charge on any atom is -0.405 e. The van der Waals surface area contributed by atoms with E-state index in [2.05, 4.69) is 13.5 Å². The summed E-state index contributed by atoms with van der Waals surface area (Å²) in [5.41, 5.74) is 1.28. The van der Waals surface area contributed by atoms with Gasteiger partial charge in [-0.1, -0.05) is 24.9 Å². The van der Waals surface area contributed by atoms with Crippen LogP contribution in [-0.2, 0) is 9.31 Å². The van der Waals surface area contributed by atoms with E-state index in [0.29, 0.717) is 18.2 Å². The summed E-state index contributed by atoms with van der Waals surface area (Å²) in [7, 11) is 5.48. The lowest BCUT2D eigenvalue weighted by molar-refractivity contribution is -0.0725. The number of hydrogen-bond acceptors (Lipinski definition) is 2. The van der Waals surface area contributed by atoms with Gasteiger partial charge < -0.3 is 9.31 Å². The van der Waals surface area contributed by atoms with Crippen LogP contribution < -0.4 is 0 Å². The van der Waals surface area contributed by atoms with Gasteiger partial charge >= 0.3 is 7.12 Å². The van der Waals surface area contributed by atoms with Crippen molar-refractivity contribution in [2.75, 3.05) is 0 Å². The van der Waals surface area contributed by atoms with Crippen LogP contribution in [0.4, 0.5) is 0 Å². The zero-order chi connectivity index (χ0) is 11.3. The molecule has 84 valence electrons. The first-order valence-corrected chi connectivity index (χ1v) is 6.37. The van der Waals surface area contributed by atoms with Gasteiger partial charge in [0.1, 0.15) is 0 Å². The van der Waals surface area contributed by atoms with Crippen LogP contribution in [0.5, 0.6) is 0 Å². The maximum atomic E-state index is 6.14. The molecule has 4 atom stereocenters. The molecule has 3 saturated carbocycles. The van der Waals surface area contributed by atoms with E-state index in [-0.39, 0.29) is 18.8 Å². The maximum absolute atomic E-state index is 6.14. The smallest absolute Gasteiger partial charge is 0.405 e. The third kappa shape index (κ3) is 1.36. The summed E-state index contributed by atoms with van der Waals surface area (Å²) >= 11 is 0. The fourth-order valence-corrected chi connectivity index (χ4v) is 3.53. The Balaban J connectivity index is 1.71. The van der Waals surface area contributed by atoms with Crippen molar-refractivity contribution in [3.8, 4) is 0 Å². The lowest BCUT2D eigenvalue weighted by Gasteiger charge is -2.55. The molecule has 4 rings (SSSR count). The Morgan fingerprint density at radius 3 is 3.06 bits per heavy atom. The van der Waals surface area contributed by atoms with E-state index < -0.39 is 0 Å². The van der Waals surface area contributed by atoms with Gasteiger partial charge in [-0.25, -0.2) is 0 Å². The molecule has 0 aromatic rings. The lowest BCUT2D eigenvalue weighted by Crippen LogP contribution is -2.57. The quantitative estimate of drug-likeness (QED) is 0.531. The molecule has 1 aliphatic heterocycles. The van der Waals surface area contributed by atoms with Crippen LogP contribution in [-0.4, -0.2) is 26.7 Å². The lowest BCUT2D eigenvalue weighted by atomic mass is 9.54. The van der Waals surface area contributed by atoms with Crippen LogP contribution in [0.2, 0.25) is 12.6 Å². The van der Waals surface area contributed by atoms with E-state index in [0.717, 1.165) is 19.2 Å². The van der Waals surface area contributed by atoms with Crippen molar-refractivity contribution in [3.63, 3.8) is 0 Å². The molecule has 2 nitrogen and oxygen atoms in total. The van der Waals surface area contributed by atoms with Gasteiger partial charge in [-0.3, -0.25) is 0 Å². The Bertz CT molecular complexity index is 320. The molecule has 1 heterocycles. The van der Waals surface area contributed by atoms with Crippen molar-refractivity contribution >= 4 is 15.0 Å². The molecule has 16 heavy (non-hydrogen) atoms. The van der Waals surface area contributed by atoms with Gasteiger partial charge in [-0.15, -0.1) is 0 Å². The third-order valence-electron chi connectivity index (χ3n) is 4.67. The molecule has 0 spiro atoms. The van der Waals surface area contributed by atoms with Gasteiger partial charge in [0.15, 0.2) is 0 Å². The molecular formula is C12H18B2O2. The zero-order valence-corrected chi connectivity index (χ0v) is 9.95. The van der Waals surface area contributed by atoms with Gasteiger partial charge in [0.2, 0.25) is 0 Å². The van der Waals surface area contributed by atoms with E-state index in [1.807, 2.05) is 0 Å². The summed E-state index contributed by atoms with van der Waals surface area (Å²) in [6.45, 7) is 6.38. The summed E-state index contributed by atoms with van der Waals surface area (Å²) in [6, 6.07) is 0. The second-order valence-corrected chi connectivity index (χ2v) is 5.58. The van der Waals surface area contributed by atoms with Gasteiger partial charge in [0.05, 0.1) is 19.6 Å². The average Bonchev–Trinajstić information content (AvgIpc) is 2.61. The van der Waals surface area contributed by atoms with Crippen LogP contribution in [0.1, 0.15) is 26.2 Å². The van der Waals surface area contributed by atoms with Crippen LogP contribution in [0.3, 0.4) is 0 Å². The predicted octanol–water partition coefficient (Wildman–Crippen LogP) is 2.22. The first-order chi connectivity index (χ1) is 7.65. The van der Waals surface area contributed by atoms with Crippen molar-refractivity contribution in [1.82, 2.24) is 0 Å². The monoisotopic (exact) mass is 216 g/mol. The van der Waals surface area contributed by atoms with Gasteiger partial charge in [-0.05, 0) is 32.0 Å². The largest absolute Gasteiger partial charge is 0.457 e. The summed E-state index contributed by atoms with van der Waals surface area (Å²) in [5, 5.41) is 0. The summed E-state index contributed by atoms with van der Waals surface area (Å²) in [5.74, 6) is 1.22. The highest BCUT2D eigenvalue weighted by Gasteiger charge is 2.61. The highest BCUT2D eigenvalue weighted by atomic mass is 16.7. The Morgan fingerprint density at radius 1 is 1.56 bits per heavy atom. The Kier molecular flexibility index (Phi) is 2.48. The topological polar surface area (TPSA) is 18.5 Å². The Hall–Kier alpha value is -0.210. The molecule has 4 heteroatoms. The molecule has 1 unspecified atom stereocenters. The van der Waals surface area contributed by atoms with E-state index in [1.165, 1.54) is 12.0 Å². The van der Waals surface area contributed by atoms with Crippen molar-refractivity contribution in [1.29, 1.82) is 0 Å². The van der Waals surface area contributed by atoms with Crippen LogP contribution in [0.25, 0.3) is 0 Å². The Morgan fingerprint density at radius 2 is 2.38 bits per heavy atom. The fraction of sp³-hybridized carbons (Fsp3) is 0.833. The van der Waals surface area contributed by atoms with E-state index >= 15 is 0 Å². The second kappa shape index (κ2) is 3.64. The molecule has 0 N–H and O–H groups in total. The van der Waals surface area contributed by atoms with E-state index in [1.54, 1.807) is 0 Å². The molecule has 2 bridgehead atoms. The molecule has 2 radical (unpaired) electrons. The highest BCUT2D eigenvalue weighted by molar-refractivity contribution is 6.45. The zero-order valence-electron chi connectivity index (χ0n) is 9.95. The van der Waals surface area contributed by atoms with E-state index in [9.17, 15) is 0 Å². The van der Waals surface area contributed by atoms with Crippen LogP contribution in [0.15, 0.2) is 12.2 Å². The van der Waals surface area contributed by atoms with Crippen molar-refractivity contribution in [2.45, 2.75) is 50.5 Å². The maximum Gasteiger partial charge on any atom is 0.457 e. The first-order valence-electron chi connectivity index (χ1n) is 6.37. The van der Waals surface area contributed by atoms with Crippen LogP contribution >= 0.6 is 0 Å². The number of hydrogen-bond donors (Lipinski definition) is 0. The van der Waals surface area contributed by atoms with Crippen molar-refractivity contribution < 1.29 is 9.31 Å². The SMILES string of the molecule is [B]CCCB1OC2C[C@@H]3C[C@@H](C3=C)[C@]2(C)O1. The normalized spacial score (nSPS) is 45.4. The van der Waals surface area contributed by atoms with Gasteiger partial charge in [0.25, 0.3) is 0 Å². The van der Waals surface area contributed by atoms with Gasteiger partial charge in [0, 0.05) is 5.92 Å².